The molecule has 17 heavy (non-hydrogen) atoms. The molecule has 0 aromatic heterocycles. The molecule has 0 unspecified atom stereocenters. The second kappa shape index (κ2) is 5.20. The maximum atomic E-state index is 10.5. The van der Waals surface area contributed by atoms with Gasteiger partial charge in [-0.25, -0.2) is 0 Å². The zero-order valence-electron chi connectivity index (χ0n) is 8.89. The van der Waals surface area contributed by atoms with Crippen LogP contribution < -0.4 is 10.5 Å². The van der Waals surface area contributed by atoms with Crippen molar-refractivity contribution in [1.29, 1.82) is 0 Å². The highest BCUT2D eigenvalue weighted by Crippen LogP contribution is 2.35. The minimum atomic E-state index is -0.445. The first-order chi connectivity index (χ1) is 7.50. The summed E-state index contributed by atoms with van der Waals surface area (Å²) in [5, 5.41) is 10.5. The monoisotopic (exact) mass is 322 g/mol. The Hall–Kier alpha value is -0.850. The molecule has 1 aliphatic carbocycles. The molecule has 0 aliphatic heterocycles. The zero-order valence-corrected chi connectivity index (χ0v) is 11.3. The van der Waals surface area contributed by atoms with E-state index in [1.807, 2.05) is 0 Å². The van der Waals surface area contributed by atoms with Gasteiger partial charge in [0.15, 0.2) is 0 Å². The van der Waals surface area contributed by atoms with Crippen LogP contribution >= 0.6 is 28.3 Å². The first-order valence-electron chi connectivity index (χ1n) is 4.86. The third kappa shape index (κ3) is 3.55. The number of benzene rings is 1. The van der Waals surface area contributed by atoms with Gasteiger partial charge in [0, 0.05) is 12.1 Å². The van der Waals surface area contributed by atoms with Gasteiger partial charge >= 0.3 is 0 Å². The van der Waals surface area contributed by atoms with Crippen LogP contribution in [0.25, 0.3) is 0 Å². The van der Waals surface area contributed by atoms with Crippen molar-refractivity contribution in [3.63, 3.8) is 0 Å². The second-order valence-corrected chi connectivity index (χ2v) is 4.88. The number of ether oxygens (including phenoxy) is 1. The van der Waals surface area contributed by atoms with E-state index in [9.17, 15) is 10.1 Å². The van der Waals surface area contributed by atoms with Crippen molar-refractivity contribution in [2.24, 2.45) is 5.73 Å². The molecular formula is C10H12BrClN2O3. The Balaban J connectivity index is 0.00000144. The third-order valence-electron chi connectivity index (χ3n) is 2.53. The second-order valence-electron chi connectivity index (χ2n) is 4.02. The molecule has 0 radical (unpaired) electrons. The number of rotatable bonds is 4. The molecule has 0 amide bonds. The zero-order chi connectivity index (χ0) is 11.8. The van der Waals surface area contributed by atoms with Crippen LogP contribution in [0.1, 0.15) is 12.8 Å². The fourth-order valence-corrected chi connectivity index (χ4v) is 1.73. The molecule has 1 aromatic carbocycles. The highest BCUT2D eigenvalue weighted by molar-refractivity contribution is 9.10. The standard InChI is InChI=1S/C10H11BrN2O3.ClH/c11-8-5-7(13(14)15)1-2-9(8)16-6-10(12)3-4-10;/h1-2,5H,3-4,6,12H2;1H. The van der Waals surface area contributed by atoms with Crippen LogP contribution in [0, 0.1) is 10.1 Å². The molecule has 94 valence electrons. The molecule has 1 aromatic rings. The smallest absolute Gasteiger partial charge is 0.270 e. The molecular weight excluding hydrogens is 311 g/mol. The van der Waals surface area contributed by atoms with Crippen molar-refractivity contribution in [3.8, 4) is 5.75 Å². The molecule has 0 saturated heterocycles. The fourth-order valence-electron chi connectivity index (χ4n) is 1.25. The van der Waals surface area contributed by atoms with E-state index in [0.29, 0.717) is 16.8 Å². The van der Waals surface area contributed by atoms with E-state index in [1.54, 1.807) is 6.07 Å². The van der Waals surface area contributed by atoms with Crippen molar-refractivity contribution < 1.29 is 9.66 Å². The SMILES string of the molecule is Cl.NC1(COc2ccc([N+](=O)[O-])cc2Br)CC1. The van der Waals surface area contributed by atoms with Gasteiger partial charge in [0.2, 0.25) is 0 Å². The van der Waals surface area contributed by atoms with Crippen LogP contribution in [0.5, 0.6) is 5.75 Å². The van der Waals surface area contributed by atoms with Crippen molar-refractivity contribution >= 4 is 34.0 Å². The Labute approximate surface area is 113 Å². The molecule has 2 N–H and O–H groups in total. The molecule has 0 bridgehead atoms. The molecule has 0 spiro atoms. The van der Waals surface area contributed by atoms with E-state index in [1.165, 1.54) is 12.1 Å². The lowest BCUT2D eigenvalue weighted by molar-refractivity contribution is -0.385. The van der Waals surface area contributed by atoms with E-state index in [-0.39, 0.29) is 23.6 Å². The quantitative estimate of drug-likeness (QED) is 0.682. The van der Waals surface area contributed by atoms with Crippen molar-refractivity contribution in [2.45, 2.75) is 18.4 Å². The topological polar surface area (TPSA) is 78.4 Å². The summed E-state index contributed by atoms with van der Waals surface area (Å²) in [5.41, 5.74) is 5.72. The van der Waals surface area contributed by atoms with Gasteiger partial charge in [-0.05, 0) is 34.8 Å². The Kier molecular flexibility index (Phi) is 4.35. The maximum absolute atomic E-state index is 10.5. The Bertz CT molecular complexity index is 438. The van der Waals surface area contributed by atoms with Crippen LogP contribution in [-0.4, -0.2) is 17.1 Å². The third-order valence-corrected chi connectivity index (χ3v) is 3.15. The molecule has 0 atom stereocenters. The maximum Gasteiger partial charge on any atom is 0.270 e. The van der Waals surface area contributed by atoms with E-state index >= 15 is 0 Å². The minimum absolute atomic E-state index is 0. The number of nitrogens with two attached hydrogens (primary N) is 1. The lowest BCUT2D eigenvalue weighted by Gasteiger charge is -2.12. The lowest BCUT2D eigenvalue weighted by Crippen LogP contribution is -2.29. The van der Waals surface area contributed by atoms with E-state index in [0.717, 1.165) is 12.8 Å². The highest BCUT2D eigenvalue weighted by Gasteiger charge is 2.39. The van der Waals surface area contributed by atoms with Gasteiger partial charge in [-0.15, -0.1) is 12.4 Å². The summed E-state index contributed by atoms with van der Waals surface area (Å²) in [7, 11) is 0. The number of nitro benzene ring substituents is 1. The van der Waals surface area contributed by atoms with Gasteiger partial charge in [0.25, 0.3) is 5.69 Å². The van der Waals surface area contributed by atoms with Crippen molar-refractivity contribution in [3.05, 3.63) is 32.8 Å². The molecule has 5 nitrogen and oxygen atoms in total. The fraction of sp³-hybridized carbons (Fsp3) is 0.400. The number of hydrogen-bond donors (Lipinski definition) is 1. The summed E-state index contributed by atoms with van der Waals surface area (Å²) >= 11 is 3.23. The van der Waals surface area contributed by atoms with Crippen LogP contribution in [0.15, 0.2) is 22.7 Å². The van der Waals surface area contributed by atoms with Crippen LogP contribution in [0.4, 0.5) is 5.69 Å². The van der Waals surface area contributed by atoms with E-state index in [2.05, 4.69) is 15.9 Å². The highest BCUT2D eigenvalue weighted by atomic mass is 79.9. The summed E-state index contributed by atoms with van der Waals surface area (Å²) in [6.07, 6.45) is 1.94. The van der Waals surface area contributed by atoms with Crippen LogP contribution in [0.2, 0.25) is 0 Å². The van der Waals surface area contributed by atoms with Gasteiger partial charge in [0.05, 0.1) is 14.9 Å². The predicted octanol–water partition coefficient (Wildman–Crippen LogP) is 2.65. The molecule has 0 heterocycles. The van der Waals surface area contributed by atoms with E-state index in [4.69, 9.17) is 10.5 Å². The normalized spacial score (nSPS) is 15.9. The van der Waals surface area contributed by atoms with Crippen molar-refractivity contribution in [1.82, 2.24) is 0 Å². The predicted molar refractivity (Wildman–Crippen MR) is 69.7 cm³/mol. The number of nitro groups is 1. The Morgan fingerprint density at radius 1 is 1.53 bits per heavy atom. The Morgan fingerprint density at radius 3 is 2.65 bits per heavy atom. The molecule has 1 saturated carbocycles. The average Bonchev–Trinajstić information content (AvgIpc) is 2.95. The minimum Gasteiger partial charge on any atom is -0.490 e. The van der Waals surface area contributed by atoms with Gasteiger partial charge in [-0.1, -0.05) is 0 Å². The number of non-ortho nitro benzene ring substituents is 1. The van der Waals surface area contributed by atoms with Gasteiger partial charge < -0.3 is 10.5 Å². The van der Waals surface area contributed by atoms with Crippen molar-refractivity contribution in [2.75, 3.05) is 6.61 Å². The lowest BCUT2D eigenvalue weighted by atomic mass is 10.3. The first-order valence-corrected chi connectivity index (χ1v) is 5.65. The van der Waals surface area contributed by atoms with Gasteiger partial charge in [-0.2, -0.15) is 0 Å². The Morgan fingerprint density at radius 2 is 2.18 bits per heavy atom. The van der Waals surface area contributed by atoms with Crippen LogP contribution in [0.3, 0.4) is 0 Å². The molecule has 7 heteroatoms. The molecule has 1 fully saturated rings. The largest absolute Gasteiger partial charge is 0.490 e. The summed E-state index contributed by atoms with van der Waals surface area (Å²) in [5.74, 6) is 0.585. The first kappa shape index (κ1) is 14.2. The van der Waals surface area contributed by atoms with Gasteiger partial charge in [0.1, 0.15) is 12.4 Å². The number of halogens is 2. The molecule has 2 rings (SSSR count). The summed E-state index contributed by atoms with van der Waals surface area (Å²) in [6, 6.07) is 4.41. The van der Waals surface area contributed by atoms with E-state index < -0.39 is 4.92 Å². The average molecular weight is 324 g/mol. The number of nitrogens with zero attached hydrogens (tertiary/aromatic N) is 1. The summed E-state index contributed by atoms with van der Waals surface area (Å²) in [4.78, 5) is 10.1. The number of hydrogen-bond acceptors (Lipinski definition) is 4. The summed E-state index contributed by atoms with van der Waals surface area (Å²) in [6.45, 7) is 0.448. The summed E-state index contributed by atoms with van der Waals surface area (Å²) < 4.78 is 6.08. The van der Waals surface area contributed by atoms with Crippen LogP contribution in [-0.2, 0) is 0 Å². The molecule has 1 aliphatic rings. The van der Waals surface area contributed by atoms with Gasteiger partial charge in [-0.3, -0.25) is 10.1 Å².